The summed E-state index contributed by atoms with van der Waals surface area (Å²) in [6, 6.07) is 14.2. The lowest BCUT2D eigenvalue weighted by molar-refractivity contribution is 0.296. The van der Waals surface area contributed by atoms with Crippen LogP contribution in [0.3, 0.4) is 0 Å². The molecule has 2 atom stereocenters. The molecule has 4 N–H and O–H groups in total. The summed E-state index contributed by atoms with van der Waals surface area (Å²) >= 11 is 0. The second-order valence-electron chi connectivity index (χ2n) is 6.97. The number of rotatable bonds is 8. The van der Waals surface area contributed by atoms with Crippen molar-refractivity contribution in [3.05, 3.63) is 78.0 Å². The van der Waals surface area contributed by atoms with Crippen molar-refractivity contribution in [3.8, 4) is 17.0 Å². The van der Waals surface area contributed by atoms with Gasteiger partial charge in [-0.05, 0) is 67.9 Å². The van der Waals surface area contributed by atoms with E-state index in [1.54, 1.807) is 16.9 Å². The molecule has 0 spiro atoms. The molecule has 0 amide bonds. The maximum absolute atomic E-state index is 13.4. The van der Waals surface area contributed by atoms with Gasteiger partial charge in [0.25, 0.3) is 0 Å². The normalized spacial score (nSPS) is 12.1. The van der Waals surface area contributed by atoms with Gasteiger partial charge < -0.3 is 16.2 Å². The number of nitrogens with zero attached hydrogens (tertiary/aromatic N) is 3. The van der Waals surface area contributed by atoms with Gasteiger partial charge in [0.2, 0.25) is 0 Å². The summed E-state index contributed by atoms with van der Waals surface area (Å²) in [6.07, 6.45) is 5.58. The first-order chi connectivity index (χ1) is 16.0. The Hall–Kier alpha value is -3.29. The fourth-order valence-electron chi connectivity index (χ4n) is 2.90. The summed E-state index contributed by atoms with van der Waals surface area (Å²) in [6.45, 7) is 12.0. The summed E-state index contributed by atoms with van der Waals surface area (Å²) in [7, 11) is 1.50. The lowest BCUT2D eigenvalue weighted by Gasteiger charge is -2.10. The van der Waals surface area contributed by atoms with Crippen LogP contribution in [0.1, 0.15) is 45.0 Å². The predicted molar refractivity (Wildman–Crippen MR) is 137 cm³/mol. The number of hydrogen-bond donors (Lipinski definition) is 2. The first-order valence-electron chi connectivity index (χ1n) is 11.0. The Kier molecular flexibility index (Phi) is 12.4. The second-order valence-corrected chi connectivity index (χ2v) is 6.97. The van der Waals surface area contributed by atoms with Gasteiger partial charge in [0.1, 0.15) is 18.2 Å². The summed E-state index contributed by atoms with van der Waals surface area (Å²) in [5, 5.41) is 4.10. The van der Waals surface area contributed by atoms with Crippen LogP contribution in [-0.4, -0.2) is 36.1 Å². The van der Waals surface area contributed by atoms with Crippen LogP contribution in [0.2, 0.25) is 0 Å². The van der Waals surface area contributed by atoms with Crippen LogP contribution in [0.5, 0.6) is 5.75 Å². The molecule has 3 rings (SSSR count). The maximum Gasteiger partial charge on any atom is 0.153 e. The molecule has 0 bridgehead atoms. The molecule has 6 nitrogen and oxygen atoms in total. The summed E-state index contributed by atoms with van der Waals surface area (Å²) in [5.41, 5.74) is 12.9. The first kappa shape index (κ1) is 27.7. The zero-order valence-corrected chi connectivity index (χ0v) is 20.2. The Morgan fingerprint density at radius 3 is 2.39 bits per heavy atom. The standard InChI is InChI=1S/C23H25FN4O.C2H6.CH5N/c1-16(19-5-4-6-20(24)13-19)7-12-23-27-14-22(28(23)26-3)18-8-10-21(11-9-18)29-15-17(2)25;2*1-2/h4-14,16-17H,3,15,25H2,1-2H3;1-2H3;2H2,1H3/b12-7-;;/t16?,17-;;/m0../s1. The third kappa shape index (κ3) is 8.29. The Labute approximate surface area is 196 Å². The fraction of sp³-hybridized carbons (Fsp3) is 0.308. The third-order valence-electron chi connectivity index (χ3n) is 4.48. The summed E-state index contributed by atoms with van der Waals surface area (Å²) < 4.78 is 20.7. The lowest BCUT2D eigenvalue weighted by Crippen LogP contribution is -2.23. The van der Waals surface area contributed by atoms with E-state index < -0.39 is 0 Å². The fourth-order valence-corrected chi connectivity index (χ4v) is 2.90. The van der Waals surface area contributed by atoms with Gasteiger partial charge in [0.15, 0.2) is 5.82 Å². The van der Waals surface area contributed by atoms with Gasteiger partial charge in [-0.1, -0.05) is 39.0 Å². The first-order valence-corrected chi connectivity index (χ1v) is 11.0. The molecular weight excluding hydrogens is 417 g/mol. The molecule has 0 radical (unpaired) electrons. The third-order valence-corrected chi connectivity index (χ3v) is 4.48. The smallest absolute Gasteiger partial charge is 0.153 e. The minimum atomic E-state index is -0.243. The Balaban J connectivity index is 0.00000129. The quantitative estimate of drug-likeness (QED) is 0.453. The monoisotopic (exact) mass is 453 g/mol. The van der Waals surface area contributed by atoms with Gasteiger partial charge in [0.05, 0.1) is 11.9 Å². The predicted octanol–water partition coefficient (Wildman–Crippen LogP) is 5.30. The van der Waals surface area contributed by atoms with E-state index in [1.165, 1.54) is 19.2 Å². The summed E-state index contributed by atoms with van der Waals surface area (Å²) in [5.74, 6) is 1.20. The number of imidazole rings is 1. The SMILES string of the molecule is C=Nn1c(-c2ccc(OC[C@H](C)N)cc2)cnc1/C=C\C(C)c1cccc(F)c1.CC.CN. The van der Waals surface area contributed by atoms with Crippen molar-refractivity contribution in [2.24, 2.45) is 16.6 Å². The number of halogens is 1. The highest BCUT2D eigenvalue weighted by Gasteiger charge is 2.10. The van der Waals surface area contributed by atoms with Gasteiger partial charge in [0, 0.05) is 18.3 Å². The van der Waals surface area contributed by atoms with E-state index in [0.29, 0.717) is 12.4 Å². The molecule has 0 aliphatic carbocycles. The average molecular weight is 454 g/mol. The van der Waals surface area contributed by atoms with E-state index in [4.69, 9.17) is 10.5 Å². The highest BCUT2D eigenvalue weighted by Crippen LogP contribution is 2.25. The summed E-state index contributed by atoms with van der Waals surface area (Å²) in [4.78, 5) is 4.45. The topological polar surface area (TPSA) is 91.5 Å². The highest BCUT2D eigenvalue weighted by atomic mass is 19.1. The zero-order chi connectivity index (χ0) is 24.8. The number of allylic oxidation sites excluding steroid dienone is 1. The van der Waals surface area contributed by atoms with Crippen LogP contribution in [-0.2, 0) is 0 Å². The van der Waals surface area contributed by atoms with Crippen LogP contribution in [0.15, 0.2) is 65.9 Å². The minimum Gasteiger partial charge on any atom is -0.492 e. The minimum absolute atomic E-state index is 0.0230. The van der Waals surface area contributed by atoms with Crippen LogP contribution in [0.4, 0.5) is 4.39 Å². The number of aromatic nitrogens is 2. The van der Waals surface area contributed by atoms with Gasteiger partial charge in [-0.3, -0.25) is 0 Å². The zero-order valence-electron chi connectivity index (χ0n) is 20.2. The molecule has 7 heteroatoms. The largest absolute Gasteiger partial charge is 0.492 e. The molecule has 1 aromatic heterocycles. The molecule has 178 valence electrons. The van der Waals surface area contributed by atoms with Gasteiger partial charge in [-0.25, -0.2) is 14.1 Å². The molecule has 0 aliphatic rings. The average Bonchev–Trinajstić information content (AvgIpc) is 3.27. The van der Waals surface area contributed by atoms with Crippen LogP contribution >= 0.6 is 0 Å². The van der Waals surface area contributed by atoms with Crippen LogP contribution in [0.25, 0.3) is 17.3 Å². The number of benzene rings is 2. The number of ether oxygens (including phenoxy) is 1. The molecule has 1 heterocycles. The molecule has 2 aromatic carbocycles. The Bertz CT molecular complexity index is 996. The highest BCUT2D eigenvalue weighted by molar-refractivity contribution is 5.63. The molecule has 0 saturated carbocycles. The van der Waals surface area contributed by atoms with Gasteiger partial charge in [-0.15, -0.1) is 0 Å². The van der Waals surface area contributed by atoms with E-state index >= 15 is 0 Å². The van der Waals surface area contributed by atoms with Crippen molar-refractivity contribution in [1.29, 1.82) is 0 Å². The number of nitrogens with two attached hydrogens (primary N) is 2. The van der Waals surface area contributed by atoms with E-state index in [2.05, 4.69) is 22.5 Å². The Morgan fingerprint density at radius 2 is 1.82 bits per heavy atom. The molecule has 1 unspecified atom stereocenters. The molecule has 0 aliphatic heterocycles. The molecule has 0 saturated heterocycles. The van der Waals surface area contributed by atoms with Crippen LogP contribution in [0, 0.1) is 5.82 Å². The van der Waals surface area contributed by atoms with E-state index in [9.17, 15) is 4.39 Å². The van der Waals surface area contributed by atoms with Gasteiger partial charge >= 0.3 is 0 Å². The Morgan fingerprint density at radius 1 is 1.15 bits per heavy atom. The van der Waals surface area contributed by atoms with Crippen molar-refractivity contribution >= 4 is 12.8 Å². The maximum atomic E-state index is 13.4. The van der Waals surface area contributed by atoms with Crippen molar-refractivity contribution in [2.45, 2.75) is 39.7 Å². The number of hydrogen-bond acceptors (Lipinski definition) is 5. The molecule has 0 fully saturated rings. The van der Waals surface area contributed by atoms with E-state index in [0.717, 1.165) is 22.6 Å². The molecular formula is C26H36FN5O. The van der Waals surface area contributed by atoms with Crippen LogP contribution < -0.4 is 16.2 Å². The molecule has 3 aromatic rings. The van der Waals surface area contributed by atoms with Crippen molar-refractivity contribution in [2.75, 3.05) is 13.7 Å². The second kappa shape index (κ2) is 14.7. The lowest BCUT2D eigenvalue weighted by atomic mass is 10.0. The van der Waals surface area contributed by atoms with Crippen molar-refractivity contribution in [1.82, 2.24) is 9.66 Å². The van der Waals surface area contributed by atoms with E-state index in [1.807, 2.05) is 70.2 Å². The van der Waals surface area contributed by atoms with Crippen molar-refractivity contribution < 1.29 is 9.13 Å². The van der Waals surface area contributed by atoms with Gasteiger partial charge in [-0.2, -0.15) is 5.10 Å². The molecule has 33 heavy (non-hydrogen) atoms. The van der Waals surface area contributed by atoms with Crippen molar-refractivity contribution in [3.63, 3.8) is 0 Å². The van der Waals surface area contributed by atoms with E-state index in [-0.39, 0.29) is 17.8 Å².